The van der Waals surface area contributed by atoms with E-state index in [1.807, 2.05) is 0 Å². The average Bonchev–Trinajstić information content (AvgIpc) is 2.70. The Morgan fingerprint density at radius 1 is 1.32 bits per heavy atom. The fourth-order valence-electron chi connectivity index (χ4n) is 1.90. The zero-order chi connectivity index (χ0) is 14.0. The van der Waals surface area contributed by atoms with Crippen molar-refractivity contribution in [3.63, 3.8) is 0 Å². The van der Waals surface area contributed by atoms with Crippen molar-refractivity contribution < 1.29 is 22.4 Å². The van der Waals surface area contributed by atoms with Crippen LogP contribution in [0.5, 0.6) is 0 Å². The second-order valence-corrected chi connectivity index (χ2v) is 4.30. The molecule has 104 valence electrons. The first-order chi connectivity index (χ1) is 8.88. The Labute approximate surface area is 107 Å². The lowest BCUT2D eigenvalue weighted by molar-refractivity contribution is -0.140. The molecule has 1 N–H and O–H groups in total. The van der Waals surface area contributed by atoms with Gasteiger partial charge >= 0.3 is 6.18 Å². The molecule has 3 nitrogen and oxygen atoms in total. The molecule has 1 aromatic carbocycles. The van der Waals surface area contributed by atoms with E-state index in [4.69, 9.17) is 0 Å². The van der Waals surface area contributed by atoms with Crippen molar-refractivity contribution in [2.45, 2.75) is 25.6 Å². The molecule has 7 heteroatoms. The number of carbonyl (C=O) groups is 1. The van der Waals surface area contributed by atoms with E-state index in [9.17, 15) is 22.4 Å². The minimum atomic E-state index is -4.69. The van der Waals surface area contributed by atoms with E-state index >= 15 is 0 Å². The standard InChI is InChI=1S/C12H12F4N2O/c13-10-6-8(3-4-9(10)12(14,15)16)7-17-18-5-1-2-11(18)19/h3-4,6,17H,1-2,5,7H2. The third kappa shape index (κ3) is 3.23. The van der Waals surface area contributed by atoms with Gasteiger partial charge in [-0.1, -0.05) is 6.07 Å². The van der Waals surface area contributed by atoms with Crippen molar-refractivity contribution in [2.24, 2.45) is 0 Å². The first-order valence-electron chi connectivity index (χ1n) is 5.77. The Bertz CT molecular complexity index is 487. The summed E-state index contributed by atoms with van der Waals surface area (Å²) < 4.78 is 50.4. The molecule has 0 radical (unpaired) electrons. The maximum absolute atomic E-state index is 13.3. The molecule has 1 fully saturated rings. The number of hydrogen-bond acceptors (Lipinski definition) is 2. The number of hydrogen-bond donors (Lipinski definition) is 1. The maximum Gasteiger partial charge on any atom is 0.419 e. The smallest absolute Gasteiger partial charge is 0.278 e. The topological polar surface area (TPSA) is 32.3 Å². The summed E-state index contributed by atoms with van der Waals surface area (Å²) in [5.41, 5.74) is 1.84. The van der Waals surface area contributed by atoms with Gasteiger partial charge in [-0.25, -0.2) is 9.82 Å². The lowest BCUT2D eigenvalue weighted by Gasteiger charge is -2.17. The van der Waals surface area contributed by atoms with Crippen LogP contribution in [0.15, 0.2) is 18.2 Å². The van der Waals surface area contributed by atoms with Crippen LogP contribution in [-0.2, 0) is 17.5 Å². The summed E-state index contributed by atoms with van der Waals surface area (Å²) in [5.74, 6) is -1.37. The number of carbonyl (C=O) groups excluding carboxylic acids is 1. The Kier molecular flexibility index (Phi) is 3.75. The van der Waals surface area contributed by atoms with Gasteiger partial charge in [0.15, 0.2) is 0 Å². The van der Waals surface area contributed by atoms with Crippen LogP contribution < -0.4 is 5.43 Å². The Morgan fingerprint density at radius 2 is 2.05 bits per heavy atom. The third-order valence-corrected chi connectivity index (χ3v) is 2.89. The van der Waals surface area contributed by atoms with Crippen LogP contribution in [0.2, 0.25) is 0 Å². The van der Waals surface area contributed by atoms with Gasteiger partial charge < -0.3 is 0 Å². The molecular weight excluding hydrogens is 264 g/mol. The van der Waals surface area contributed by atoms with Crippen LogP contribution in [0.1, 0.15) is 24.0 Å². The minimum absolute atomic E-state index is 0.0626. The fourth-order valence-corrected chi connectivity index (χ4v) is 1.90. The number of rotatable bonds is 3. The Hall–Kier alpha value is -1.63. The summed E-state index contributed by atoms with van der Waals surface area (Å²) in [6.07, 6.45) is -3.50. The zero-order valence-corrected chi connectivity index (χ0v) is 9.93. The summed E-state index contributed by atoms with van der Waals surface area (Å²) in [5, 5.41) is 1.40. The largest absolute Gasteiger partial charge is 0.419 e. The minimum Gasteiger partial charge on any atom is -0.278 e. The highest BCUT2D eigenvalue weighted by Gasteiger charge is 2.33. The molecule has 2 rings (SSSR count). The molecule has 1 saturated heterocycles. The van der Waals surface area contributed by atoms with Gasteiger partial charge in [-0.2, -0.15) is 13.2 Å². The average molecular weight is 276 g/mol. The maximum atomic E-state index is 13.3. The second kappa shape index (κ2) is 5.16. The molecule has 0 bridgehead atoms. The number of halogens is 4. The van der Waals surface area contributed by atoms with Crippen molar-refractivity contribution in [1.82, 2.24) is 10.4 Å². The van der Waals surface area contributed by atoms with Crippen molar-refractivity contribution >= 4 is 5.91 Å². The van der Waals surface area contributed by atoms with Crippen molar-refractivity contribution in [3.05, 3.63) is 35.1 Å². The van der Waals surface area contributed by atoms with E-state index in [1.165, 1.54) is 11.1 Å². The number of nitrogens with zero attached hydrogens (tertiary/aromatic N) is 1. The summed E-state index contributed by atoms with van der Waals surface area (Å²) in [4.78, 5) is 11.3. The van der Waals surface area contributed by atoms with E-state index in [2.05, 4.69) is 5.43 Å². The van der Waals surface area contributed by atoms with Crippen LogP contribution in [-0.4, -0.2) is 17.5 Å². The van der Waals surface area contributed by atoms with Gasteiger partial charge in [0.2, 0.25) is 5.91 Å². The number of hydrazine groups is 1. The van der Waals surface area contributed by atoms with Crippen molar-refractivity contribution in [1.29, 1.82) is 0 Å². The van der Waals surface area contributed by atoms with Gasteiger partial charge in [-0.15, -0.1) is 0 Å². The monoisotopic (exact) mass is 276 g/mol. The number of nitrogens with one attached hydrogen (secondary N) is 1. The van der Waals surface area contributed by atoms with Gasteiger partial charge in [0.05, 0.1) is 5.56 Å². The van der Waals surface area contributed by atoms with Gasteiger partial charge in [-0.3, -0.25) is 9.80 Å². The van der Waals surface area contributed by atoms with Gasteiger partial charge in [0.25, 0.3) is 0 Å². The predicted octanol–water partition coefficient (Wildman–Crippen LogP) is 2.47. The lowest BCUT2D eigenvalue weighted by atomic mass is 10.1. The van der Waals surface area contributed by atoms with Crippen LogP contribution in [0.3, 0.4) is 0 Å². The van der Waals surface area contributed by atoms with Crippen molar-refractivity contribution in [2.75, 3.05) is 6.54 Å². The summed E-state index contributed by atoms with van der Waals surface area (Å²) in [6.45, 7) is 0.669. The molecule has 1 heterocycles. The molecule has 1 aliphatic heterocycles. The summed E-state index contributed by atoms with van der Waals surface area (Å²) in [6, 6.07) is 2.73. The van der Waals surface area contributed by atoms with Crippen LogP contribution in [0.4, 0.5) is 17.6 Å². The van der Waals surface area contributed by atoms with E-state index in [1.54, 1.807) is 0 Å². The lowest BCUT2D eigenvalue weighted by Crippen LogP contribution is -2.38. The van der Waals surface area contributed by atoms with E-state index in [-0.39, 0.29) is 12.5 Å². The van der Waals surface area contributed by atoms with Crippen LogP contribution in [0, 0.1) is 5.82 Å². The van der Waals surface area contributed by atoms with Gasteiger partial charge in [-0.05, 0) is 24.1 Å². The molecule has 1 amide bonds. The normalized spacial score (nSPS) is 16.2. The molecule has 0 atom stereocenters. The van der Waals surface area contributed by atoms with Gasteiger partial charge in [0, 0.05) is 19.5 Å². The molecule has 0 saturated carbocycles. The summed E-state index contributed by atoms with van der Waals surface area (Å²) >= 11 is 0. The fraction of sp³-hybridized carbons (Fsp3) is 0.417. The number of amides is 1. The quantitative estimate of drug-likeness (QED) is 0.860. The number of alkyl halides is 3. The first kappa shape index (κ1) is 13.8. The van der Waals surface area contributed by atoms with E-state index in [0.29, 0.717) is 24.6 Å². The molecule has 19 heavy (non-hydrogen) atoms. The highest BCUT2D eigenvalue weighted by atomic mass is 19.4. The third-order valence-electron chi connectivity index (χ3n) is 2.89. The van der Waals surface area contributed by atoms with Gasteiger partial charge in [0.1, 0.15) is 5.82 Å². The van der Waals surface area contributed by atoms with Crippen LogP contribution >= 0.6 is 0 Å². The molecule has 0 aliphatic carbocycles. The number of benzene rings is 1. The second-order valence-electron chi connectivity index (χ2n) is 4.30. The predicted molar refractivity (Wildman–Crippen MR) is 59.2 cm³/mol. The van der Waals surface area contributed by atoms with Crippen LogP contribution in [0.25, 0.3) is 0 Å². The van der Waals surface area contributed by atoms with Crippen molar-refractivity contribution in [3.8, 4) is 0 Å². The molecule has 1 aromatic rings. The van der Waals surface area contributed by atoms with E-state index in [0.717, 1.165) is 12.5 Å². The highest BCUT2D eigenvalue weighted by molar-refractivity contribution is 5.77. The molecule has 0 aromatic heterocycles. The Balaban J connectivity index is 2.02. The van der Waals surface area contributed by atoms with E-state index < -0.39 is 17.6 Å². The molecular formula is C12H12F4N2O. The highest BCUT2D eigenvalue weighted by Crippen LogP contribution is 2.31. The SMILES string of the molecule is O=C1CCCN1NCc1ccc(C(F)(F)F)c(F)c1. The Morgan fingerprint density at radius 3 is 2.58 bits per heavy atom. The summed E-state index contributed by atoms with van der Waals surface area (Å²) in [7, 11) is 0. The molecule has 0 unspecified atom stereocenters. The zero-order valence-electron chi connectivity index (χ0n) is 9.93. The molecule has 0 spiro atoms. The molecule has 1 aliphatic rings. The first-order valence-corrected chi connectivity index (χ1v) is 5.77.